The molecule has 3 rings (SSSR count). The van der Waals surface area contributed by atoms with Gasteiger partial charge in [-0.05, 0) is 73.4 Å². The van der Waals surface area contributed by atoms with Gasteiger partial charge in [0, 0.05) is 0 Å². The molecule has 0 bridgehead atoms. The van der Waals surface area contributed by atoms with Crippen molar-refractivity contribution in [2.24, 2.45) is 5.10 Å². The number of nitrogens with zero attached hydrogens (tertiary/aromatic N) is 1. The second kappa shape index (κ2) is 11.0. The fourth-order valence-corrected chi connectivity index (χ4v) is 3.12. The second-order valence-electron chi connectivity index (χ2n) is 7.49. The summed E-state index contributed by atoms with van der Waals surface area (Å²) in [6, 6.07) is 18.3. The first-order chi connectivity index (χ1) is 15.4. The number of aryl methyl sites for hydroxylation is 2. The first-order valence-electron chi connectivity index (χ1n) is 10.5. The predicted molar refractivity (Wildman–Crippen MR) is 125 cm³/mol. The maximum absolute atomic E-state index is 12.1. The summed E-state index contributed by atoms with van der Waals surface area (Å²) in [6.07, 6.45) is 1.73. The van der Waals surface area contributed by atoms with Gasteiger partial charge in [-0.1, -0.05) is 35.9 Å². The van der Waals surface area contributed by atoms with Crippen LogP contribution in [-0.4, -0.2) is 23.8 Å². The first kappa shape index (κ1) is 22.9. The number of carbonyl (C=O) groups excluding carboxylic acids is 1. The zero-order chi connectivity index (χ0) is 22.9. The molecule has 32 heavy (non-hydrogen) atoms. The third kappa shape index (κ3) is 6.60. The lowest BCUT2D eigenvalue weighted by Gasteiger charge is -2.14. The molecule has 0 spiro atoms. The van der Waals surface area contributed by atoms with Gasteiger partial charge >= 0.3 is 0 Å². The lowest BCUT2D eigenvalue weighted by Crippen LogP contribution is -2.19. The Labute approximate surface area is 188 Å². The minimum atomic E-state index is -0.245. The highest BCUT2D eigenvalue weighted by atomic mass is 16.5. The molecule has 6 nitrogen and oxygen atoms in total. The topological polar surface area (TPSA) is 80.2 Å². The number of hydrazone groups is 1. The molecule has 0 atom stereocenters. The summed E-state index contributed by atoms with van der Waals surface area (Å²) in [4.78, 5) is 12.1. The van der Waals surface area contributed by atoms with Crippen LogP contribution in [0.1, 0.15) is 34.7 Å². The van der Waals surface area contributed by atoms with Crippen molar-refractivity contribution in [1.29, 1.82) is 0 Å². The van der Waals surface area contributed by atoms with Crippen LogP contribution in [0, 0.1) is 13.8 Å². The number of aromatic hydroxyl groups is 1. The molecular formula is C26H28N2O4. The Morgan fingerprint density at radius 1 is 1.00 bits per heavy atom. The molecule has 6 heteroatoms. The van der Waals surface area contributed by atoms with E-state index in [1.807, 2.05) is 25.1 Å². The molecule has 0 radical (unpaired) electrons. The van der Waals surface area contributed by atoms with Crippen LogP contribution in [0.5, 0.6) is 17.2 Å². The van der Waals surface area contributed by atoms with Gasteiger partial charge in [0.25, 0.3) is 0 Å². The van der Waals surface area contributed by atoms with Crippen LogP contribution in [0.15, 0.2) is 65.8 Å². The summed E-state index contributed by atoms with van der Waals surface area (Å²) in [5.74, 6) is 1.20. The molecule has 3 aromatic carbocycles. The molecule has 0 aliphatic carbocycles. The average Bonchev–Trinajstić information content (AvgIpc) is 2.77. The number of hydrogen-bond donors (Lipinski definition) is 2. The fourth-order valence-electron chi connectivity index (χ4n) is 3.12. The van der Waals surface area contributed by atoms with Crippen molar-refractivity contribution in [3.8, 4) is 17.2 Å². The van der Waals surface area contributed by atoms with E-state index in [1.165, 1.54) is 11.1 Å². The van der Waals surface area contributed by atoms with Crippen LogP contribution in [0.25, 0.3) is 0 Å². The molecule has 0 saturated carbocycles. The standard InChI is InChI=1S/C26H28N2O4/c1-4-31-25-14-21(16-27-28-26(30)15-20-7-10-23(29)11-8-20)9-12-24(25)32-17-22-13-18(2)5-6-19(22)3/h5-14,16,29H,4,15,17H2,1-3H3,(H,28,30)/b27-16-. The van der Waals surface area contributed by atoms with Gasteiger partial charge in [0.05, 0.1) is 19.2 Å². The fraction of sp³-hybridized carbons (Fsp3) is 0.231. The lowest BCUT2D eigenvalue weighted by atomic mass is 10.1. The maximum atomic E-state index is 12.1. The smallest absolute Gasteiger partial charge is 0.244 e. The SMILES string of the molecule is CCOc1cc(/C=N\NC(=O)Cc2ccc(O)cc2)ccc1OCc1cc(C)ccc1C. The highest BCUT2D eigenvalue weighted by Gasteiger charge is 2.08. The molecule has 0 unspecified atom stereocenters. The molecule has 0 heterocycles. The third-order valence-corrected chi connectivity index (χ3v) is 4.86. The number of benzene rings is 3. The monoisotopic (exact) mass is 432 g/mol. The Morgan fingerprint density at radius 3 is 2.53 bits per heavy atom. The van der Waals surface area contributed by atoms with Crippen LogP contribution in [0.3, 0.4) is 0 Å². The molecule has 0 aliphatic heterocycles. The zero-order valence-electron chi connectivity index (χ0n) is 18.6. The average molecular weight is 433 g/mol. The van der Waals surface area contributed by atoms with Gasteiger partial charge in [-0.2, -0.15) is 5.10 Å². The molecule has 0 fully saturated rings. The first-order valence-corrected chi connectivity index (χ1v) is 10.5. The quantitative estimate of drug-likeness (QED) is 0.380. The van der Waals surface area contributed by atoms with Gasteiger partial charge in [-0.3, -0.25) is 4.79 Å². The number of ether oxygens (including phenoxy) is 2. The normalized spacial score (nSPS) is 10.8. The molecule has 0 saturated heterocycles. The van der Waals surface area contributed by atoms with E-state index in [1.54, 1.807) is 30.5 Å². The Hall–Kier alpha value is -3.80. The molecule has 2 N–H and O–H groups in total. The Bertz CT molecular complexity index is 1090. The number of phenolic OH excluding ortho intramolecular Hbond substituents is 1. The van der Waals surface area contributed by atoms with E-state index in [4.69, 9.17) is 9.47 Å². The van der Waals surface area contributed by atoms with Crippen LogP contribution in [0.2, 0.25) is 0 Å². The van der Waals surface area contributed by atoms with Crippen molar-refractivity contribution >= 4 is 12.1 Å². The maximum Gasteiger partial charge on any atom is 0.244 e. The molecule has 3 aromatic rings. The van der Waals surface area contributed by atoms with Gasteiger partial charge < -0.3 is 14.6 Å². The highest BCUT2D eigenvalue weighted by Crippen LogP contribution is 2.29. The van der Waals surface area contributed by atoms with E-state index < -0.39 is 0 Å². The summed E-state index contributed by atoms with van der Waals surface area (Å²) >= 11 is 0. The van der Waals surface area contributed by atoms with Gasteiger partial charge in [-0.15, -0.1) is 0 Å². The van der Waals surface area contributed by atoms with Gasteiger partial charge in [0.1, 0.15) is 12.4 Å². The lowest BCUT2D eigenvalue weighted by molar-refractivity contribution is -0.120. The molecule has 0 aromatic heterocycles. The van der Waals surface area contributed by atoms with E-state index in [2.05, 4.69) is 42.6 Å². The minimum absolute atomic E-state index is 0.165. The Kier molecular flexibility index (Phi) is 7.86. The van der Waals surface area contributed by atoms with Crippen LogP contribution in [0.4, 0.5) is 0 Å². The number of phenols is 1. The Morgan fingerprint density at radius 2 is 1.78 bits per heavy atom. The van der Waals surface area contributed by atoms with E-state index in [0.717, 1.165) is 16.7 Å². The minimum Gasteiger partial charge on any atom is -0.508 e. The summed E-state index contributed by atoms with van der Waals surface area (Å²) in [6.45, 7) is 7.00. The zero-order valence-corrected chi connectivity index (χ0v) is 18.6. The van der Waals surface area contributed by atoms with Crippen molar-refractivity contribution in [3.63, 3.8) is 0 Å². The Balaban J connectivity index is 1.62. The van der Waals surface area contributed by atoms with E-state index >= 15 is 0 Å². The van der Waals surface area contributed by atoms with Gasteiger partial charge in [0.15, 0.2) is 11.5 Å². The highest BCUT2D eigenvalue weighted by molar-refractivity contribution is 5.84. The van der Waals surface area contributed by atoms with Gasteiger partial charge in [0.2, 0.25) is 5.91 Å². The molecule has 166 valence electrons. The predicted octanol–water partition coefficient (Wildman–Crippen LogP) is 4.68. The number of rotatable bonds is 9. The van der Waals surface area contributed by atoms with Gasteiger partial charge in [-0.25, -0.2) is 5.43 Å². The summed E-state index contributed by atoms with van der Waals surface area (Å²) < 4.78 is 11.8. The van der Waals surface area contributed by atoms with E-state index in [-0.39, 0.29) is 18.1 Å². The third-order valence-electron chi connectivity index (χ3n) is 4.86. The number of amides is 1. The summed E-state index contributed by atoms with van der Waals surface area (Å²) in [5, 5.41) is 13.3. The molecule has 1 amide bonds. The number of hydrogen-bond acceptors (Lipinski definition) is 5. The van der Waals surface area contributed by atoms with Crippen molar-refractivity contribution in [2.75, 3.05) is 6.61 Å². The van der Waals surface area contributed by atoms with Crippen molar-refractivity contribution < 1.29 is 19.4 Å². The summed E-state index contributed by atoms with van der Waals surface area (Å²) in [7, 11) is 0. The van der Waals surface area contributed by atoms with Crippen molar-refractivity contribution in [1.82, 2.24) is 5.43 Å². The molecule has 0 aliphatic rings. The summed E-state index contributed by atoms with van der Waals surface area (Å²) in [5.41, 5.74) is 7.59. The second-order valence-corrected chi connectivity index (χ2v) is 7.49. The van der Waals surface area contributed by atoms with E-state index in [0.29, 0.717) is 24.7 Å². The molecular weight excluding hydrogens is 404 g/mol. The number of carbonyl (C=O) groups is 1. The number of nitrogens with one attached hydrogen (secondary N) is 1. The van der Waals surface area contributed by atoms with Crippen molar-refractivity contribution in [2.45, 2.75) is 33.8 Å². The largest absolute Gasteiger partial charge is 0.508 e. The van der Waals surface area contributed by atoms with Crippen molar-refractivity contribution in [3.05, 3.63) is 88.5 Å². The van der Waals surface area contributed by atoms with Crippen LogP contribution in [-0.2, 0) is 17.8 Å². The van der Waals surface area contributed by atoms with Crippen LogP contribution < -0.4 is 14.9 Å². The van der Waals surface area contributed by atoms with Crippen LogP contribution >= 0.6 is 0 Å². The van der Waals surface area contributed by atoms with E-state index in [9.17, 15) is 9.90 Å².